The quantitative estimate of drug-likeness (QED) is 0.0907. The lowest BCUT2D eigenvalue weighted by atomic mass is 10.1. The Morgan fingerprint density at radius 3 is 1.24 bits per heavy atom. The number of hydrogen-bond donors (Lipinski definition) is 0. The van der Waals surface area contributed by atoms with Gasteiger partial charge in [-0.15, -0.1) is 0 Å². The summed E-state index contributed by atoms with van der Waals surface area (Å²) in [6, 6.07) is 0. The highest BCUT2D eigenvalue weighted by atomic mass is 16.6. The second-order valence-electron chi connectivity index (χ2n) is 8.91. The highest BCUT2D eigenvalue weighted by molar-refractivity contribution is 5.69. The number of rotatable bonds is 32. The van der Waals surface area contributed by atoms with E-state index in [0.717, 1.165) is 38.7 Å². The van der Waals surface area contributed by atoms with Gasteiger partial charge in [0.15, 0.2) is 0 Å². The van der Waals surface area contributed by atoms with E-state index in [9.17, 15) is 4.79 Å². The fourth-order valence-corrected chi connectivity index (χ4v) is 2.92. The summed E-state index contributed by atoms with van der Waals surface area (Å²) in [4.78, 5) is 11.5. The molecule has 1 unspecified atom stereocenters. The highest BCUT2D eigenvalue weighted by Crippen LogP contribution is 2.03. The van der Waals surface area contributed by atoms with Crippen molar-refractivity contribution in [3.63, 3.8) is 0 Å². The molecule has 10 heteroatoms. The van der Waals surface area contributed by atoms with Crippen molar-refractivity contribution in [1.82, 2.24) is 0 Å². The van der Waals surface area contributed by atoms with Gasteiger partial charge in [-0.3, -0.25) is 4.79 Å². The number of ether oxygens (including phenoxy) is 9. The lowest BCUT2D eigenvalue weighted by Gasteiger charge is -2.10. The first-order chi connectivity index (χ1) is 18.7. The molecular weight excluding hydrogens is 496 g/mol. The van der Waals surface area contributed by atoms with Gasteiger partial charge in [0.25, 0.3) is 0 Å². The van der Waals surface area contributed by atoms with Gasteiger partial charge in [-0.2, -0.15) is 0 Å². The summed E-state index contributed by atoms with van der Waals surface area (Å²) >= 11 is 0. The second-order valence-corrected chi connectivity index (χ2v) is 8.91. The number of hydrogen-bond acceptors (Lipinski definition) is 10. The first-order valence-corrected chi connectivity index (χ1v) is 14.5. The predicted octanol–water partition coefficient (Wildman–Crippen LogP) is 3.68. The Bertz CT molecular complexity index is 467. The summed E-state index contributed by atoms with van der Waals surface area (Å²) in [6.07, 6.45) is 5.92. The summed E-state index contributed by atoms with van der Waals surface area (Å²) in [7, 11) is 0. The molecule has 38 heavy (non-hydrogen) atoms. The molecule has 1 atom stereocenters. The summed E-state index contributed by atoms with van der Waals surface area (Å²) < 4.78 is 48.8. The van der Waals surface area contributed by atoms with Crippen LogP contribution in [0.5, 0.6) is 0 Å². The van der Waals surface area contributed by atoms with Crippen molar-refractivity contribution in [3.05, 3.63) is 0 Å². The highest BCUT2D eigenvalue weighted by Gasteiger charge is 2.02. The van der Waals surface area contributed by atoms with Crippen molar-refractivity contribution in [1.29, 1.82) is 0 Å². The zero-order valence-corrected chi connectivity index (χ0v) is 24.4. The summed E-state index contributed by atoms with van der Waals surface area (Å²) in [5.74, 6) is 0.452. The Morgan fingerprint density at radius 2 is 0.868 bits per heavy atom. The van der Waals surface area contributed by atoms with Crippen LogP contribution in [-0.2, 0) is 47.4 Å². The van der Waals surface area contributed by atoms with E-state index in [2.05, 4.69) is 20.8 Å². The van der Waals surface area contributed by atoms with E-state index < -0.39 is 0 Å². The molecule has 0 spiro atoms. The van der Waals surface area contributed by atoms with Crippen LogP contribution in [0.2, 0.25) is 0 Å². The molecule has 0 heterocycles. The van der Waals surface area contributed by atoms with E-state index in [1.54, 1.807) is 0 Å². The van der Waals surface area contributed by atoms with Crippen LogP contribution in [0.15, 0.2) is 0 Å². The predicted molar refractivity (Wildman–Crippen MR) is 146 cm³/mol. The fraction of sp³-hybridized carbons (Fsp3) is 0.964. The third-order valence-corrected chi connectivity index (χ3v) is 5.43. The maximum Gasteiger partial charge on any atom is 0.305 e. The monoisotopic (exact) mass is 552 g/mol. The van der Waals surface area contributed by atoms with Crippen LogP contribution in [0.3, 0.4) is 0 Å². The minimum atomic E-state index is -0.147. The Kier molecular flexibility index (Phi) is 31.6. The van der Waals surface area contributed by atoms with Gasteiger partial charge < -0.3 is 42.6 Å². The third kappa shape index (κ3) is 31.4. The molecule has 0 aliphatic rings. The van der Waals surface area contributed by atoms with Crippen LogP contribution in [0.4, 0.5) is 0 Å². The number of unbranched alkanes of at least 4 members (excludes halogenated alkanes) is 3. The van der Waals surface area contributed by atoms with Crippen molar-refractivity contribution >= 4 is 5.97 Å². The molecule has 228 valence electrons. The minimum absolute atomic E-state index is 0.147. The van der Waals surface area contributed by atoms with Crippen LogP contribution in [-0.4, -0.2) is 118 Å². The molecule has 0 radical (unpaired) electrons. The third-order valence-electron chi connectivity index (χ3n) is 5.43. The first kappa shape index (κ1) is 37.1. The normalized spacial score (nSPS) is 12.2. The maximum absolute atomic E-state index is 11.5. The number of carbonyl (C=O) groups is 1. The molecule has 0 saturated carbocycles. The summed E-state index contributed by atoms with van der Waals surface area (Å²) in [6.45, 7) is 15.4. The number of carbonyl (C=O) groups excluding carboxylic acids is 1. The Labute approximate surface area is 231 Å². The molecule has 0 aromatic heterocycles. The molecule has 0 fully saturated rings. The van der Waals surface area contributed by atoms with Gasteiger partial charge in [-0.1, -0.05) is 46.5 Å². The van der Waals surface area contributed by atoms with E-state index in [1.807, 2.05) is 0 Å². The molecule has 0 aliphatic heterocycles. The summed E-state index contributed by atoms with van der Waals surface area (Å²) in [5.41, 5.74) is 0. The van der Waals surface area contributed by atoms with Crippen molar-refractivity contribution in [2.45, 2.75) is 59.3 Å². The van der Waals surface area contributed by atoms with Crippen LogP contribution < -0.4 is 0 Å². The molecule has 0 aromatic rings. The van der Waals surface area contributed by atoms with Gasteiger partial charge in [-0.25, -0.2) is 0 Å². The van der Waals surface area contributed by atoms with Crippen LogP contribution >= 0.6 is 0 Å². The van der Waals surface area contributed by atoms with Crippen LogP contribution in [0.1, 0.15) is 59.3 Å². The largest absolute Gasteiger partial charge is 0.463 e. The Balaban J connectivity index is 3.09. The molecule has 0 saturated heterocycles. The first-order valence-electron chi connectivity index (χ1n) is 14.5. The standard InChI is InChI=1S/C28H56O10/c1-4-6-7-8-9-28(29)38-25-24-36-21-20-34-17-16-32-13-12-30-10-11-31-14-15-33-18-19-35-22-23-37-26-27(3)5-2/h27H,4-26H2,1-3H3. The van der Waals surface area contributed by atoms with Gasteiger partial charge in [-0.05, 0) is 12.3 Å². The van der Waals surface area contributed by atoms with E-state index in [1.165, 1.54) is 0 Å². The zero-order valence-electron chi connectivity index (χ0n) is 24.4. The number of esters is 1. The van der Waals surface area contributed by atoms with Crippen molar-refractivity contribution in [2.24, 2.45) is 5.92 Å². The SMILES string of the molecule is CCCCCCC(=O)OCCOCCOCCOCCOCCOCCOCCOCCOCC(C)CC. The van der Waals surface area contributed by atoms with Crippen molar-refractivity contribution < 1.29 is 47.4 Å². The Hall–Kier alpha value is -0.850. The summed E-state index contributed by atoms with van der Waals surface area (Å²) in [5, 5.41) is 0. The van der Waals surface area contributed by atoms with E-state index in [-0.39, 0.29) is 5.97 Å². The van der Waals surface area contributed by atoms with Gasteiger partial charge >= 0.3 is 5.97 Å². The smallest absolute Gasteiger partial charge is 0.305 e. The van der Waals surface area contributed by atoms with E-state index >= 15 is 0 Å². The molecule has 0 aliphatic carbocycles. The molecular formula is C28H56O10. The fourth-order valence-electron chi connectivity index (χ4n) is 2.92. The lowest BCUT2D eigenvalue weighted by molar-refractivity contribution is -0.145. The topological polar surface area (TPSA) is 100 Å². The van der Waals surface area contributed by atoms with Gasteiger partial charge in [0.1, 0.15) is 6.61 Å². The minimum Gasteiger partial charge on any atom is -0.463 e. The van der Waals surface area contributed by atoms with Gasteiger partial charge in [0.2, 0.25) is 0 Å². The Morgan fingerprint density at radius 1 is 0.500 bits per heavy atom. The lowest BCUT2D eigenvalue weighted by Crippen LogP contribution is -2.15. The molecule has 0 aromatic carbocycles. The molecule has 10 nitrogen and oxygen atoms in total. The maximum atomic E-state index is 11.5. The molecule has 0 amide bonds. The van der Waals surface area contributed by atoms with Crippen molar-refractivity contribution in [3.8, 4) is 0 Å². The van der Waals surface area contributed by atoms with Crippen molar-refractivity contribution in [2.75, 3.05) is 112 Å². The van der Waals surface area contributed by atoms with Gasteiger partial charge in [0, 0.05) is 13.0 Å². The average Bonchev–Trinajstić information content (AvgIpc) is 2.92. The molecule has 0 rings (SSSR count). The second kappa shape index (κ2) is 32.4. The van der Waals surface area contributed by atoms with Crippen LogP contribution in [0.25, 0.3) is 0 Å². The molecule has 0 bridgehead atoms. The van der Waals surface area contributed by atoms with Crippen LogP contribution in [0, 0.1) is 5.92 Å². The molecule has 0 N–H and O–H groups in total. The van der Waals surface area contributed by atoms with E-state index in [4.69, 9.17) is 42.6 Å². The van der Waals surface area contributed by atoms with Gasteiger partial charge in [0.05, 0.1) is 99.1 Å². The average molecular weight is 553 g/mol. The van der Waals surface area contributed by atoms with E-state index in [0.29, 0.717) is 118 Å². The zero-order chi connectivity index (χ0) is 27.8.